The molecule has 0 aromatic carbocycles. The molecule has 0 radical (unpaired) electrons. The van der Waals surface area contributed by atoms with E-state index in [0.29, 0.717) is 39.3 Å². The lowest BCUT2D eigenvalue weighted by Gasteiger charge is -2.27. The molecule has 1 heterocycles. The normalized spacial score (nSPS) is 19.4. The number of nitrogens with one attached hydrogen (secondary N) is 1. The minimum absolute atomic E-state index is 0.324. The van der Waals surface area contributed by atoms with Crippen molar-refractivity contribution in [3.63, 3.8) is 0 Å². The van der Waals surface area contributed by atoms with Gasteiger partial charge in [-0.15, -0.1) is 0 Å². The fraction of sp³-hybridized carbons (Fsp3) is 0.846. The fourth-order valence-electron chi connectivity index (χ4n) is 2.18. The Labute approximate surface area is 119 Å². The van der Waals surface area contributed by atoms with Crippen LogP contribution < -0.4 is 5.32 Å². The van der Waals surface area contributed by atoms with Gasteiger partial charge in [-0.2, -0.15) is 0 Å². The van der Waals surface area contributed by atoms with Crippen LogP contribution >= 0.6 is 0 Å². The summed E-state index contributed by atoms with van der Waals surface area (Å²) in [5.41, 5.74) is 0. The summed E-state index contributed by atoms with van der Waals surface area (Å²) in [7, 11) is 1.59. The zero-order valence-electron chi connectivity index (χ0n) is 12.0. The second-order valence-corrected chi connectivity index (χ2v) is 4.73. The van der Waals surface area contributed by atoms with Crippen molar-refractivity contribution in [1.82, 2.24) is 10.2 Å². The van der Waals surface area contributed by atoms with Crippen molar-refractivity contribution in [2.24, 2.45) is 0 Å². The van der Waals surface area contributed by atoms with Crippen LogP contribution in [0.5, 0.6) is 0 Å². The molecule has 0 spiro atoms. The Morgan fingerprint density at radius 1 is 1.25 bits per heavy atom. The molecular weight excluding hydrogens is 264 g/mol. The standard InChI is InChI=1S/C13H24N2O5/c1-19-9-10-20-8-6-14-13(18)15-7-4-2-3-5-11(15)12(16)17/h11H,2-10H2,1H3,(H,14,18)(H,16,17). The number of carbonyl (C=O) groups excluding carboxylic acids is 1. The SMILES string of the molecule is COCCOCCNC(=O)N1CCCCCC1C(=O)O. The van der Waals surface area contributed by atoms with Crippen molar-refractivity contribution in [2.45, 2.75) is 31.7 Å². The molecule has 7 heteroatoms. The highest BCUT2D eigenvalue weighted by Crippen LogP contribution is 2.17. The average molecular weight is 288 g/mol. The summed E-state index contributed by atoms with van der Waals surface area (Å²) >= 11 is 0. The zero-order chi connectivity index (χ0) is 14.8. The molecule has 116 valence electrons. The first kappa shape index (κ1) is 16.7. The predicted molar refractivity (Wildman–Crippen MR) is 72.7 cm³/mol. The van der Waals surface area contributed by atoms with Crippen molar-refractivity contribution in [3.05, 3.63) is 0 Å². The van der Waals surface area contributed by atoms with Gasteiger partial charge < -0.3 is 24.8 Å². The van der Waals surface area contributed by atoms with Gasteiger partial charge in [-0.25, -0.2) is 9.59 Å². The van der Waals surface area contributed by atoms with E-state index >= 15 is 0 Å². The molecule has 20 heavy (non-hydrogen) atoms. The average Bonchev–Trinajstić information content (AvgIpc) is 2.68. The molecule has 2 amide bonds. The molecule has 1 aliphatic rings. The van der Waals surface area contributed by atoms with Gasteiger partial charge >= 0.3 is 12.0 Å². The smallest absolute Gasteiger partial charge is 0.326 e. The molecule has 2 N–H and O–H groups in total. The topological polar surface area (TPSA) is 88.1 Å². The fourth-order valence-corrected chi connectivity index (χ4v) is 2.18. The van der Waals surface area contributed by atoms with Crippen LogP contribution in [0.25, 0.3) is 0 Å². The summed E-state index contributed by atoms with van der Waals surface area (Å²) < 4.78 is 10.1. The summed E-state index contributed by atoms with van der Waals surface area (Å²) in [5, 5.41) is 11.9. The number of nitrogens with zero attached hydrogens (tertiary/aromatic N) is 1. The monoisotopic (exact) mass is 288 g/mol. The summed E-state index contributed by atoms with van der Waals surface area (Å²) in [6.07, 6.45) is 3.18. The van der Waals surface area contributed by atoms with E-state index in [0.717, 1.165) is 19.3 Å². The zero-order valence-corrected chi connectivity index (χ0v) is 12.0. The van der Waals surface area contributed by atoms with E-state index in [-0.39, 0.29) is 6.03 Å². The van der Waals surface area contributed by atoms with Crippen LogP contribution in [-0.4, -0.2) is 68.1 Å². The maximum atomic E-state index is 12.0. The number of ether oxygens (including phenoxy) is 2. The van der Waals surface area contributed by atoms with Gasteiger partial charge in [-0.05, 0) is 12.8 Å². The Morgan fingerprint density at radius 2 is 2.05 bits per heavy atom. The molecule has 1 unspecified atom stereocenters. The number of hydrogen-bond acceptors (Lipinski definition) is 4. The Kier molecular flexibility index (Phi) is 7.98. The van der Waals surface area contributed by atoms with Gasteiger partial charge in [-0.1, -0.05) is 12.8 Å². The van der Waals surface area contributed by atoms with Crippen LogP contribution in [0.4, 0.5) is 4.79 Å². The van der Waals surface area contributed by atoms with E-state index in [1.54, 1.807) is 7.11 Å². The number of rotatable bonds is 7. The highest BCUT2D eigenvalue weighted by molar-refractivity contribution is 5.82. The Bertz CT molecular complexity index is 311. The Hall–Kier alpha value is -1.34. The van der Waals surface area contributed by atoms with Crippen molar-refractivity contribution < 1.29 is 24.2 Å². The number of amides is 2. The number of hydrogen-bond donors (Lipinski definition) is 2. The Morgan fingerprint density at radius 3 is 2.75 bits per heavy atom. The maximum absolute atomic E-state index is 12.0. The maximum Gasteiger partial charge on any atom is 0.326 e. The van der Waals surface area contributed by atoms with Crippen molar-refractivity contribution in [2.75, 3.05) is 40.0 Å². The summed E-state index contributed by atoms with van der Waals surface area (Å²) in [5.74, 6) is -0.932. The van der Waals surface area contributed by atoms with Gasteiger partial charge in [0, 0.05) is 20.2 Å². The van der Waals surface area contributed by atoms with Crippen LogP contribution in [0.1, 0.15) is 25.7 Å². The van der Waals surface area contributed by atoms with Gasteiger partial charge in [0.1, 0.15) is 6.04 Å². The third-order valence-corrected chi connectivity index (χ3v) is 3.25. The molecule has 0 bridgehead atoms. The molecular formula is C13H24N2O5. The second-order valence-electron chi connectivity index (χ2n) is 4.73. The van der Waals surface area contributed by atoms with Gasteiger partial charge in [-0.3, -0.25) is 0 Å². The molecule has 0 aromatic heterocycles. The third-order valence-electron chi connectivity index (χ3n) is 3.25. The van der Waals surface area contributed by atoms with Crippen molar-refractivity contribution in [3.8, 4) is 0 Å². The third kappa shape index (κ3) is 5.75. The van der Waals surface area contributed by atoms with Crippen LogP contribution in [0, 0.1) is 0 Å². The number of likely N-dealkylation sites (tertiary alicyclic amines) is 1. The number of carboxylic acids is 1. The molecule has 1 fully saturated rings. The van der Waals surface area contributed by atoms with E-state index in [2.05, 4.69) is 5.32 Å². The van der Waals surface area contributed by atoms with Crippen LogP contribution in [0.15, 0.2) is 0 Å². The molecule has 0 aliphatic carbocycles. The minimum Gasteiger partial charge on any atom is -0.480 e. The van der Waals surface area contributed by atoms with Crippen molar-refractivity contribution >= 4 is 12.0 Å². The molecule has 1 saturated heterocycles. The van der Waals surface area contributed by atoms with Crippen LogP contribution in [0.2, 0.25) is 0 Å². The molecule has 1 atom stereocenters. The lowest BCUT2D eigenvalue weighted by molar-refractivity contribution is -0.142. The number of urea groups is 1. The predicted octanol–water partition coefficient (Wildman–Crippen LogP) is 0.688. The van der Waals surface area contributed by atoms with Gasteiger partial charge in [0.05, 0.1) is 19.8 Å². The van der Waals surface area contributed by atoms with Crippen molar-refractivity contribution in [1.29, 1.82) is 0 Å². The first-order valence-electron chi connectivity index (χ1n) is 7.00. The van der Waals surface area contributed by atoms with E-state index < -0.39 is 12.0 Å². The first-order valence-corrected chi connectivity index (χ1v) is 7.00. The van der Waals surface area contributed by atoms with Gasteiger partial charge in [0.2, 0.25) is 0 Å². The minimum atomic E-state index is -0.932. The van der Waals surface area contributed by atoms with Crippen LogP contribution in [-0.2, 0) is 14.3 Å². The molecule has 0 aromatic rings. The molecule has 1 rings (SSSR count). The number of carbonyl (C=O) groups is 2. The molecule has 7 nitrogen and oxygen atoms in total. The first-order chi connectivity index (χ1) is 9.66. The second kappa shape index (κ2) is 9.55. The van der Waals surface area contributed by atoms with Gasteiger partial charge in [0.25, 0.3) is 0 Å². The summed E-state index contributed by atoms with van der Waals surface area (Å²) in [6, 6.07) is -1.04. The Balaban J connectivity index is 2.33. The van der Waals surface area contributed by atoms with Gasteiger partial charge in [0.15, 0.2) is 0 Å². The molecule has 0 saturated carbocycles. The lowest BCUT2D eigenvalue weighted by Crippen LogP contribution is -2.49. The van der Waals surface area contributed by atoms with E-state index in [9.17, 15) is 14.7 Å². The largest absolute Gasteiger partial charge is 0.480 e. The quantitative estimate of drug-likeness (QED) is 0.673. The van der Waals surface area contributed by atoms with E-state index in [1.165, 1.54) is 4.90 Å². The lowest BCUT2D eigenvalue weighted by atomic mass is 10.1. The van der Waals surface area contributed by atoms with E-state index in [4.69, 9.17) is 9.47 Å². The number of aliphatic carboxylic acids is 1. The highest BCUT2D eigenvalue weighted by Gasteiger charge is 2.30. The van der Waals surface area contributed by atoms with Crippen LogP contribution in [0.3, 0.4) is 0 Å². The summed E-state index contributed by atoms with van der Waals surface area (Å²) in [4.78, 5) is 24.7. The number of methoxy groups -OCH3 is 1. The summed E-state index contributed by atoms with van der Waals surface area (Å²) in [6.45, 7) is 2.24. The van der Waals surface area contributed by atoms with E-state index in [1.807, 2.05) is 0 Å². The highest BCUT2D eigenvalue weighted by atomic mass is 16.5. The number of carboxylic acid groups (broad SMARTS) is 1. The molecule has 1 aliphatic heterocycles.